The zero-order valence-corrected chi connectivity index (χ0v) is 13.0. The Hall–Kier alpha value is -1.35. The van der Waals surface area contributed by atoms with Crippen molar-refractivity contribution in [1.82, 2.24) is 5.32 Å². The first-order valence-electron chi connectivity index (χ1n) is 8.03. The van der Waals surface area contributed by atoms with Crippen molar-refractivity contribution >= 4 is 5.91 Å². The van der Waals surface area contributed by atoms with E-state index in [2.05, 4.69) is 17.4 Å². The predicted octanol–water partition coefficient (Wildman–Crippen LogP) is 2.92. The molecule has 1 aliphatic carbocycles. The Morgan fingerprint density at radius 1 is 1.33 bits per heavy atom. The van der Waals surface area contributed by atoms with Gasteiger partial charge >= 0.3 is 0 Å². The molecule has 0 aliphatic heterocycles. The van der Waals surface area contributed by atoms with E-state index in [1.165, 1.54) is 24.8 Å². The molecule has 0 saturated heterocycles. The number of carbonyl (C=O) groups is 1. The standard InChI is InChI=1S/C18H27NO2/c1-18(14-20,12-16-6-3-2-4-7-16)13-19-17(21)11-10-15-8-5-9-15/h2-4,6-7,15,20H,5,8-14H2,1H3,(H,19,21)/t18-/m1/s1. The summed E-state index contributed by atoms with van der Waals surface area (Å²) in [5, 5.41) is 12.7. The van der Waals surface area contributed by atoms with Crippen molar-refractivity contribution in [3.63, 3.8) is 0 Å². The van der Waals surface area contributed by atoms with E-state index >= 15 is 0 Å². The minimum atomic E-state index is -0.298. The molecule has 1 aliphatic rings. The third kappa shape index (κ3) is 5.16. The van der Waals surface area contributed by atoms with Crippen molar-refractivity contribution in [2.75, 3.05) is 13.2 Å². The average Bonchev–Trinajstić information content (AvgIpc) is 2.45. The van der Waals surface area contributed by atoms with Crippen LogP contribution in [0.1, 0.15) is 44.6 Å². The maximum Gasteiger partial charge on any atom is 0.220 e. The molecule has 2 rings (SSSR count). The highest BCUT2D eigenvalue weighted by atomic mass is 16.3. The first kappa shape index (κ1) is 16.0. The van der Waals surface area contributed by atoms with Crippen LogP contribution in [0.3, 0.4) is 0 Å². The van der Waals surface area contributed by atoms with Gasteiger partial charge in [-0.3, -0.25) is 4.79 Å². The molecule has 3 nitrogen and oxygen atoms in total. The van der Waals surface area contributed by atoms with E-state index in [1.807, 2.05) is 25.1 Å². The molecule has 1 saturated carbocycles. The fraction of sp³-hybridized carbons (Fsp3) is 0.611. The molecule has 0 spiro atoms. The summed E-state index contributed by atoms with van der Waals surface area (Å²) in [4.78, 5) is 11.9. The van der Waals surface area contributed by atoms with Gasteiger partial charge in [0.1, 0.15) is 0 Å². The molecule has 1 aromatic carbocycles. The highest BCUT2D eigenvalue weighted by molar-refractivity contribution is 5.75. The van der Waals surface area contributed by atoms with Crippen LogP contribution in [0.15, 0.2) is 30.3 Å². The second-order valence-corrected chi connectivity index (χ2v) is 6.74. The average molecular weight is 289 g/mol. The lowest BCUT2D eigenvalue weighted by Gasteiger charge is -2.28. The Morgan fingerprint density at radius 2 is 2.05 bits per heavy atom. The van der Waals surface area contributed by atoms with Gasteiger partial charge in [-0.05, 0) is 24.3 Å². The van der Waals surface area contributed by atoms with E-state index in [4.69, 9.17) is 0 Å². The topological polar surface area (TPSA) is 49.3 Å². The highest BCUT2D eigenvalue weighted by Gasteiger charge is 2.25. The minimum Gasteiger partial charge on any atom is -0.396 e. The summed E-state index contributed by atoms with van der Waals surface area (Å²) >= 11 is 0. The summed E-state index contributed by atoms with van der Waals surface area (Å²) in [6.45, 7) is 2.62. The summed E-state index contributed by atoms with van der Waals surface area (Å²) < 4.78 is 0. The lowest BCUT2D eigenvalue weighted by Crippen LogP contribution is -2.39. The maximum atomic E-state index is 11.9. The first-order valence-corrected chi connectivity index (χ1v) is 8.03. The van der Waals surface area contributed by atoms with Crippen LogP contribution in [0.4, 0.5) is 0 Å². The van der Waals surface area contributed by atoms with Gasteiger partial charge in [0.05, 0.1) is 6.61 Å². The second-order valence-electron chi connectivity index (χ2n) is 6.74. The zero-order chi connectivity index (χ0) is 15.1. The summed E-state index contributed by atoms with van der Waals surface area (Å²) in [5.74, 6) is 0.888. The van der Waals surface area contributed by atoms with Gasteiger partial charge in [-0.2, -0.15) is 0 Å². The normalized spacial score (nSPS) is 17.8. The van der Waals surface area contributed by atoms with E-state index in [0.717, 1.165) is 18.8 Å². The molecule has 0 unspecified atom stereocenters. The number of rotatable bonds is 8. The van der Waals surface area contributed by atoms with Crippen LogP contribution >= 0.6 is 0 Å². The Kier molecular flexibility index (Phi) is 5.80. The van der Waals surface area contributed by atoms with Crippen molar-refractivity contribution in [3.8, 4) is 0 Å². The lowest BCUT2D eigenvalue weighted by molar-refractivity contribution is -0.122. The molecule has 3 heteroatoms. The Bertz CT molecular complexity index is 442. The van der Waals surface area contributed by atoms with Gasteiger partial charge in [-0.25, -0.2) is 0 Å². The minimum absolute atomic E-state index is 0.0742. The smallest absolute Gasteiger partial charge is 0.220 e. The molecule has 1 aromatic rings. The van der Waals surface area contributed by atoms with Gasteiger partial charge in [0, 0.05) is 18.4 Å². The predicted molar refractivity (Wildman–Crippen MR) is 84.9 cm³/mol. The molecule has 0 bridgehead atoms. The molecule has 116 valence electrons. The summed E-state index contributed by atoms with van der Waals surface area (Å²) in [6.07, 6.45) is 6.31. The van der Waals surface area contributed by atoms with Crippen molar-refractivity contribution in [2.24, 2.45) is 11.3 Å². The largest absolute Gasteiger partial charge is 0.396 e. The number of aliphatic hydroxyl groups is 1. The van der Waals surface area contributed by atoms with Crippen LogP contribution in [0.2, 0.25) is 0 Å². The van der Waals surface area contributed by atoms with E-state index in [-0.39, 0.29) is 17.9 Å². The molecule has 1 amide bonds. The van der Waals surface area contributed by atoms with Crippen LogP contribution in [-0.2, 0) is 11.2 Å². The van der Waals surface area contributed by atoms with Gasteiger partial charge in [-0.1, -0.05) is 56.5 Å². The molecule has 2 N–H and O–H groups in total. The van der Waals surface area contributed by atoms with Gasteiger partial charge < -0.3 is 10.4 Å². The van der Waals surface area contributed by atoms with E-state index in [9.17, 15) is 9.90 Å². The third-order valence-electron chi connectivity index (χ3n) is 4.57. The number of hydrogen-bond donors (Lipinski definition) is 2. The zero-order valence-electron chi connectivity index (χ0n) is 13.0. The van der Waals surface area contributed by atoms with Gasteiger partial charge in [0.25, 0.3) is 0 Å². The van der Waals surface area contributed by atoms with Crippen LogP contribution in [-0.4, -0.2) is 24.2 Å². The molecule has 1 fully saturated rings. The number of benzene rings is 1. The molecular formula is C18H27NO2. The van der Waals surface area contributed by atoms with Gasteiger partial charge in [0.2, 0.25) is 5.91 Å². The number of carbonyl (C=O) groups excluding carboxylic acids is 1. The van der Waals surface area contributed by atoms with E-state index < -0.39 is 0 Å². The first-order chi connectivity index (χ1) is 10.1. The Balaban J connectivity index is 1.76. The van der Waals surface area contributed by atoms with Crippen molar-refractivity contribution < 1.29 is 9.90 Å². The molecule has 1 atom stereocenters. The number of nitrogens with one attached hydrogen (secondary N) is 1. The SMILES string of the molecule is C[C@](CO)(CNC(=O)CCC1CCC1)Cc1ccccc1. The lowest BCUT2D eigenvalue weighted by atomic mass is 9.82. The molecule has 0 aromatic heterocycles. The number of amides is 1. The highest BCUT2D eigenvalue weighted by Crippen LogP contribution is 2.30. The Labute approximate surface area is 127 Å². The third-order valence-corrected chi connectivity index (χ3v) is 4.57. The number of aliphatic hydroxyl groups excluding tert-OH is 1. The summed E-state index contributed by atoms with van der Waals surface area (Å²) in [5.41, 5.74) is 0.894. The fourth-order valence-corrected chi connectivity index (χ4v) is 2.78. The van der Waals surface area contributed by atoms with Gasteiger partial charge in [0.15, 0.2) is 0 Å². The Morgan fingerprint density at radius 3 is 2.62 bits per heavy atom. The monoisotopic (exact) mass is 289 g/mol. The van der Waals surface area contributed by atoms with Crippen molar-refractivity contribution in [2.45, 2.75) is 45.4 Å². The molecule has 21 heavy (non-hydrogen) atoms. The van der Waals surface area contributed by atoms with Crippen LogP contribution < -0.4 is 5.32 Å². The molecule has 0 radical (unpaired) electrons. The quantitative estimate of drug-likeness (QED) is 0.773. The van der Waals surface area contributed by atoms with Crippen molar-refractivity contribution in [3.05, 3.63) is 35.9 Å². The second kappa shape index (κ2) is 7.60. The van der Waals surface area contributed by atoms with Crippen molar-refractivity contribution in [1.29, 1.82) is 0 Å². The van der Waals surface area contributed by atoms with Crippen LogP contribution in [0, 0.1) is 11.3 Å². The van der Waals surface area contributed by atoms with E-state index in [1.54, 1.807) is 0 Å². The maximum absolute atomic E-state index is 11.9. The fourth-order valence-electron chi connectivity index (χ4n) is 2.78. The van der Waals surface area contributed by atoms with E-state index in [0.29, 0.717) is 13.0 Å². The summed E-state index contributed by atoms with van der Waals surface area (Å²) in [6, 6.07) is 10.1. The van der Waals surface area contributed by atoms with Gasteiger partial charge in [-0.15, -0.1) is 0 Å². The van der Waals surface area contributed by atoms with Crippen LogP contribution in [0.5, 0.6) is 0 Å². The molecular weight excluding hydrogens is 262 g/mol. The summed E-state index contributed by atoms with van der Waals surface area (Å²) in [7, 11) is 0. The van der Waals surface area contributed by atoms with Crippen LogP contribution in [0.25, 0.3) is 0 Å². The molecule has 0 heterocycles. The number of hydrogen-bond acceptors (Lipinski definition) is 2.